The van der Waals surface area contributed by atoms with Crippen LogP contribution in [-0.4, -0.2) is 34.3 Å². The Morgan fingerprint density at radius 1 is 1.33 bits per heavy atom. The lowest BCUT2D eigenvalue weighted by molar-refractivity contribution is 0.418. The van der Waals surface area contributed by atoms with Gasteiger partial charge in [-0.05, 0) is 37.1 Å². The molecule has 0 aliphatic carbocycles. The molecular weight excluding hydrogens is 322 g/mol. The van der Waals surface area contributed by atoms with Gasteiger partial charge in [0.05, 0.1) is 12.0 Å². The highest BCUT2D eigenvalue weighted by Gasteiger charge is 2.21. The van der Waals surface area contributed by atoms with Gasteiger partial charge in [0, 0.05) is 37.3 Å². The first-order valence-electron chi connectivity index (χ1n) is 8.13. The first kappa shape index (κ1) is 15.3. The fourth-order valence-electron chi connectivity index (χ4n) is 2.96. The largest absolute Gasteiger partial charge is 0.462 e. The number of piperidine rings is 1. The van der Waals surface area contributed by atoms with Gasteiger partial charge in [-0.1, -0.05) is 0 Å². The maximum atomic E-state index is 5.40. The zero-order valence-electron chi connectivity index (χ0n) is 13.3. The quantitative estimate of drug-likeness (QED) is 0.769. The van der Waals surface area contributed by atoms with Gasteiger partial charge in [0.2, 0.25) is 0 Å². The van der Waals surface area contributed by atoms with Crippen molar-refractivity contribution in [2.45, 2.75) is 25.4 Å². The first-order valence-corrected chi connectivity index (χ1v) is 9.01. The molecule has 4 heterocycles. The molecule has 1 fully saturated rings. The fourth-order valence-corrected chi connectivity index (χ4v) is 3.75. The number of nitrogens with one attached hydrogen (secondary N) is 1. The van der Waals surface area contributed by atoms with Crippen molar-refractivity contribution in [2.75, 3.05) is 18.0 Å². The second kappa shape index (κ2) is 7.11. The van der Waals surface area contributed by atoms with Crippen LogP contribution in [0.3, 0.4) is 0 Å². The Kier molecular flexibility index (Phi) is 4.53. The Bertz CT molecular complexity index is 758. The molecule has 1 N–H and O–H groups in total. The smallest absolute Gasteiger partial charge is 0.162 e. The molecule has 1 atom stereocenters. The highest BCUT2D eigenvalue weighted by atomic mass is 32.1. The van der Waals surface area contributed by atoms with E-state index in [1.807, 2.05) is 24.3 Å². The van der Waals surface area contributed by atoms with Gasteiger partial charge in [0.15, 0.2) is 16.6 Å². The molecule has 1 saturated heterocycles. The SMILES string of the molecule is c1cnnc(N2CCC[C@H](NCc3csc(-c4ccco4)n3)C2)c1. The topological polar surface area (TPSA) is 67.1 Å². The van der Waals surface area contributed by atoms with E-state index in [1.165, 1.54) is 6.42 Å². The highest BCUT2D eigenvalue weighted by molar-refractivity contribution is 7.13. The molecule has 124 valence electrons. The predicted octanol–water partition coefficient (Wildman–Crippen LogP) is 2.95. The average Bonchev–Trinajstić information content (AvgIpc) is 3.32. The fraction of sp³-hybridized carbons (Fsp3) is 0.353. The van der Waals surface area contributed by atoms with Crippen LogP contribution in [0.4, 0.5) is 5.82 Å². The number of hydrogen-bond donors (Lipinski definition) is 1. The Balaban J connectivity index is 1.34. The van der Waals surface area contributed by atoms with Crippen molar-refractivity contribution in [2.24, 2.45) is 0 Å². The molecule has 0 radical (unpaired) electrons. The van der Waals surface area contributed by atoms with Gasteiger partial charge >= 0.3 is 0 Å². The second-order valence-corrected chi connectivity index (χ2v) is 6.73. The van der Waals surface area contributed by atoms with Gasteiger partial charge in [0.1, 0.15) is 0 Å². The van der Waals surface area contributed by atoms with Crippen molar-refractivity contribution >= 4 is 17.2 Å². The van der Waals surface area contributed by atoms with Crippen LogP contribution in [0.15, 0.2) is 46.5 Å². The lowest BCUT2D eigenvalue weighted by Gasteiger charge is -2.33. The number of nitrogens with zero attached hydrogens (tertiary/aromatic N) is 4. The Labute approximate surface area is 144 Å². The number of thiazole rings is 1. The Hall–Kier alpha value is -2.25. The minimum absolute atomic E-state index is 0.439. The van der Waals surface area contributed by atoms with Gasteiger partial charge in [-0.3, -0.25) is 0 Å². The molecule has 0 aromatic carbocycles. The molecule has 0 unspecified atom stereocenters. The second-order valence-electron chi connectivity index (χ2n) is 5.87. The summed E-state index contributed by atoms with van der Waals surface area (Å²) < 4.78 is 5.40. The maximum Gasteiger partial charge on any atom is 0.162 e. The molecule has 3 aromatic rings. The van der Waals surface area contributed by atoms with Crippen molar-refractivity contribution in [1.82, 2.24) is 20.5 Å². The number of anilines is 1. The Morgan fingerprint density at radius 2 is 2.33 bits per heavy atom. The predicted molar refractivity (Wildman–Crippen MR) is 93.9 cm³/mol. The van der Waals surface area contributed by atoms with E-state index in [9.17, 15) is 0 Å². The molecule has 4 rings (SSSR count). The molecule has 1 aliphatic heterocycles. The standard InChI is InChI=1S/C17H19N5OS/c1-6-16(21-19-7-1)22-8-2-4-13(11-22)18-10-14-12-24-17(20-14)15-5-3-9-23-15/h1,3,5-7,9,12-13,18H,2,4,8,10-11H2/t13-/m0/s1. The summed E-state index contributed by atoms with van der Waals surface area (Å²) in [5.41, 5.74) is 1.06. The number of hydrogen-bond acceptors (Lipinski definition) is 7. The molecule has 0 bridgehead atoms. The van der Waals surface area contributed by atoms with Crippen LogP contribution < -0.4 is 10.2 Å². The first-order chi connectivity index (χ1) is 11.9. The van der Waals surface area contributed by atoms with E-state index >= 15 is 0 Å². The van der Waals surface area contributed by atoms with Gasteiger partial charge in [-0.2, -0.15) is 5.10 Å². The average molecular weight is 341 g/mol. The van der Waals surface area contributed by atoms with Crippen LogP contribution in [-0.2, 0) is 6.54 Å². The number of aromatic nitrogens is 3. The van der Waals surface area contributed by atoms with Gasteiger partial charge in [-0.25, -0.2) is 4.98 Å². The van der Waals surface area contributed by atoms with Crippen molar-refractivity contribution in [3.8, 4) is 10.8 Å². The number of furan rings is 1. The summed E-state index contributed by atoms with van der Waals surface area (Å²) in [4.78, 5) is 6.94. The lowest BCUT2D eigenvalue weighted by atomic mass is 10.1. The van der Waals surface area contributed by atoms with Crippen LogP contribution in [0, 0.1) is 0 Å². The molecule has 24 heavy (non-hydrogen) atoms. The third-order valence-electron chi connectivity index (χ3n) is 4.16. The lowest BCUT2D eigenvalue weighted by Crippen LogP contribution is -2.45. The number of rotatable bonds is 5. The van der Waals surface area contributed by atoms with E-state index in [4.69, 9.17) is 4.42 Å². The van der Waals surface area contributed by atoms with E-state index in [0.29, 0.717) is 6.04 Å². The van der Waals surface area contributed by atoms with Crippen molar-refractivity contribution in [3.05, 3.63) is 47.8 Å². The Morgan fingerprint density at radius 3 is 3.17 bits per heavy atom. The monoisotopic (exact) mass is 341 g/mol. The minimum Gasteiger partial charge on any atom is -0.462 e. The third-order valence-corrected chi connectivity index (χ3v) is 5.06. The van der Waals surface area contributed by atoms with Crippen LogP contribution in [0.2, 0.25) is 0 Å². The van der Waals surface area contributed by atoms with Gasteiger partial charge < -0.3 is 14.6 Å². The zero-order valence-corrected chi connectivity index (χ0v) is 14.1. The van der Waals surface area contributed by atoms with Crippen LogP contribution >= 0.6 is 11.3 Å². The summed E-state index contributed by atoms with van der Waals surface area (Å²) in [7, 11) is 0. The zero-order chi connectivity index (χ0) is 16.2. The van der Waals surface area contributed by atoms with E-state index in [2.05, 4.69) is 30.8 Å². The highest BCUT2D eigenvalue weighted by Crippen LogP contribution is 2.24. The molecule has 7 heteroatoms. The van der Waals surface area contributed by atoms with E-state index in [1.54, 1.807) is 23.8 Å². The molecule has 0 amide bonds. The van der Waals surface area contributed by atoms with Crippen LogP contribution in [0.1, 0.15) is 18.5 Å². The summed E-state index contributed by atoms with van der Waals surface area (Å²) in [6.45, 7) is 2.76. The summed E-state index contributed by atoms with van der Waals surface area (Å²) in [6, 6.07) is 8.22. The molecular formula is C17H19N5OS. The molecule has 3 aromatic heterocycles. The van der Waals surface area contributed by atoms with E-state index < -0.39 is 0 Å². The molecule has 0 spiro atoms. The molecule has 0 saturated carbocycles. The van der Waals surface area contributed by atoms with Crippen molar-refractivity contribution in [1.29, 1.82) is 0 Å². The summed E-state index contributed by atoms with van der Waals surface area (Å²) in [5.74, 6) is 1.79. The maximum absolute atomic E-state index is 5.40. The van der Waals surface area contributed by atoms with Crippen LogP contribution in [0.25, 0.3) is 10.8 Å². The summed E-state index contributed by atoms with van der Waals surface area (Å²) in [5, 5.41) is 14.8. The van der Waals surface area contributed by atoms with Crippen molar-refractivity contribution < 1.29 is 4.42 Å². The molecule has 6 nitrogen and oxygen atoms in total. The molecule has 1 aliphatic rings. The summed E-state index contributed by atoms with van der Waals surface area (Å²) in [6.07, 6.45) is 5.72. The summed E-state index contributed by atoms with van der Waals surface area (Å²) >= 11 is 1.62. The van der Waals surface area contributed by atoms with Gasteiger partial charge in [-0.15, -0.1) is 16.4 Å². The van der Waals surface area contributed by atoms with Crippen LogP contribution in [0.5, 0.6) is 0 Å². The van der Waals surface area contributed by atoms with Crippen molar-refractivity contribution in [3.63, 3.8) is 0 Å². The van der Waals surface area contributed by atoms with Gasteiger partial charge in [0.25, 0.3) is 0 Å². The van der Waals surface area contributed by atoms with E-state index in [-0.39, 0.29) is 0 Å². The normalized spacial score (nSPS) is 18.0. The van der Waals surface area contributed by atoms with E-state index in [0.717, 1.165) is 48.3 Å². The minimum atomic E-state index is 0.439. The third kappa shape index (κ3) is 3.47.